The van der Waals surface area contributed by atoms with Crippen molar-refractivity contribution in [3.8, 4) is 0 Å². The number of thiophene rings is 1. The van der Waals surface area contributed by atoms with Gasteiger partial charge >= 0.3 is 0 Å². The Hall–Kier alpha value is -0.480. The molecule has 17 heavy (non-hydrogen) atoms. The summed E-state index contributed by atoms with van der Waals surface area (Å²) in [4.78, 5) is 7.37. The van der Waals surface area contributed by atoms with Crippen molar-refractivity contribution in [3.05, 3.63) is 21.4 Å². The zero-order valence-corrected chi connectivity index (χ0v) is 12.5. The fraction of sp³-hybridized carbons (Fsp3) is 0.615. The SMILES string of the molecule is Cc1cc(CNC2=NCC(C(C)C)S2)sc1C. The van der Waals surface area contributed by atoms with Crippen molar-refractivity contribution < 1.29 is 0 Å². The standard InChI is InChI=1S/C13H20N2S2/c1-8(2)12-7-15-13(17-12)14-6-11-5-9(3)10(4)16-11/h5,8,12H,6-7H2,1-4H3,(H,14,15). The van der Waals surface area contributed by atoms with Crippen molar-refractivity contribution in [3.63, 3.8) is 0 Å². The van der Waals surface area contributed by atoms with Gasteiger partial charge < -0.3 is 5.32 Å². The van der Waals surface area contributed by atoms with E-state index in [4.69, 9.17) is 0 Å². The van der Waals surface area contributed by atoms with E-state index in [1.165, 1.54) is 15.3 Å². The Bertz CT molecular complexity index is 402. The highest BCUT2D eigenvalue weighted by Crippen LogP contribution is 2.26. The van der Waals surface area contributed by atoms with Gasteiger partial charge in [0.25, 0.3) is 0 Å². The Labute approximate surface area is 112 Å². The number of hydrogen-bond acceptors (Lipinski definition) is 4. The van der Waals surface area contributed by atoms with E-state index in [1.807, 2.05) is 23.1 Å². The van der Waals surface area contributed by atoms with Crippen molar-refractivity contribution >= 4 is 28.3 Å². The maximum absolute atomic E-state index is 4.56. The van der Waals surface area contributed by atoms with Gasteiger partial charge in [-0.2, -0.15) is 0 Å². The van der Waals surface area contributed by atoms with E-state index in [-0.39, 0.29) is 0 Å². The molecule has 1 aromatic rings. The van der Waals surface area contributed by atoms with Crippen LogP contribution in [0.5, 0.6) is 0 Å². The van der Waals surface area contributed by atoms with Gasteiger partial charge in [0.05, 0.1) is 13.1 Å². The van der Waals surface area contributed by atoms with Gasteiger partial charge in [-0.15, -0.1) is 11.3 Å². The first-order valence-corrected chi connectivity index (χ1v) is 7.76. The topological polar surface area (TPSA) is 24.4 Å². The van der Waals surface area contributed by atoms with E-state index < -0.39 is 0 Å². The lowest BCUT2D eigenvalue weighted by atomic mass is 10.1. The molecule has 0 amide bonds. The van der Waals surface area contributed by atoms with Crippen molar-refractivity contribution in [1.82, 2.24) is 5.32 Å². The zero-order valence-electron chi connectivity index (χ0n) is 10.9. The molecular weight excluding hydrogens is 248 g/mol. The van der Waals surface area contributed by atoms with Crippen LogP contribution in [0.15, 0.2) is 11.1 Å². The third-order valence-electron chi connectivity index (χ3n) is 3.05. The second-order valence-electron chi connectivity index (χ2n) is 4.85. The lowest BCUT2D eigenvalue weighted by Gasteiger charge is -2.11. The predicted octanol–water partition coefficient (Wildman–Crippen LogP) is 3.58. The molecule has 0 aliphatic carbocycles. The third kappa shape index (κ3) is 3.26. The van der Waals surface area contributed by atoms with E-state index >= 15 is 0 Å². The van der Waals surface area contributed by atoms with E-state index in [2.05, 4.69) is 44.1 Å². The summed E-state index contributed by atoms with van der Waals surface area (Å²) in [5, 5.41) is 5.22. The number of aliphatic imine (C=N–C) groups is 1. The average Bonchev–Trinajstić information content (AvgIpc) is 2.84. The maximum atomic E-state index is 4.56. The molecule has 1 aromatic heterocycles. The van der Waals surface area contributed by atoms with Crippen LogP contribution in [-0.2, 0) is 6.54 Å². The molecular formula is C13H20N2S2. The first kappa shape index (κ1) is 13.0. The summed E-state index contributed by atoms with van der Waals surface area (Å²) < 4.78 is 0. The summed E-state index contributed by atoms with van der Waals surface area (Å²) in [6.45, 7) is 10.8. The van der Waals surface area contributed by atoms with Crippen molar-refractivity contribution in [1.29, 1.82) is 0 Å². The molecule has 1 atom stereocenters. The first-order valence-electron chi connectivity index (χ1n) is 6.07. The highest BCUT2D eigenvalue weighted by molar-refractivity contribution is 8.14. The highest BCUT2D eigenvalue weighted by atomic mass is 32.2. The monoisotopic (exact) mass is 268 g/mol. The molecule has 0 spiro atoms. The summed E-state index contributed by atoms with van der Waals surface area (Å²) >= 11 is 3.77. The number of rotatable bonds is 3. The van der Waals surface area contributed by atoms with Crippen LogP contribution in [0.3, 0.4) is 0 Å². The molecule has 1 N–H and O–H groups in total. The molecule has 2 nitrogen and oxygen atoms in total. The largest absolute Gasteiger partial charge is 0.360 e. The van der Waals surface area contributed by atoms with Crippen LogP contribution in [0.4, 0.5) is 0 Å². The molecule has 4 heteroatoms. The average molecular weight is 268 g/mol. The van der Waals surface area contributed by atoms with E-state index in [0.717, 1.165) is 18.3 Å². The number of hydrogen-bond donors (Lipinski definition) is 1. The summed E-state index contributed by atoms with van der Waals surface area (Å²) in [6, 6.07) is 2.27. The summed E-state index contributed by atoms with van der Waals surface area (Å²) in [5.41, 5.74) is 1.40. The van der Waals surface area contributed by atoms with Crippen molar-refractivity contribution in [2.24, 2.45) is 10.9 Å². The fourth-order valence-corrected chi connectivity index (χ4v) is 3.74. The molecule has 0 saturated carbocycles. The normalized spacial score (nSPS) is 19.8. The minimum absolute atomic E-state index is 0.657. The molecule has 2 heterocycles. The van der Waals surface area contributed by atoms with E-state index in [1.54, 1.807) is 0 Å². The lowest BCUT2D eigenvalue weighted by Crippen LogP contribution is -2.19. The lowest BCUT2D eigenvalue weighted by molar-refractivity contribution is 0.621. The van der Waals surface area contributed by atoms with Crippen LogP contribution in [0.1, 0.15) is 29.2 Å². The molecule has 1 unspecified atom stereocenters. The fourth-order valence-electron chi connectivity index (χ4n) is 1.73. The first-order chi connectivity index (χ1) is 8.06. The number of nitrogens with zero attached hydrogens (tertiary/aromatic N) is 1. The van der Waals surface area contributed by atoms with Crippen LogP contribution >= 0.6 is 23.1 Å². The van der Waals surface area contributed by atoms with Gasteiger partial charge in [0, 0.05) is 15.0 Å². The second-order valence-corrected chi connectivity index (χ2v) is 7.42. The van der Waals surface area contributed by atoms with E-state index in [9.17, 15) is 0 Å². The van der Waals surface area contributed by atoms with Gasteiger partial charge in [-0.3, -0.25) is 4.99 Å². The van der Waals surface area contributed by atoms with Gasteiger partial charge in [0.2, 0.25) is 0 Å². The summed E-state index contributed by atoms with van der Waals surface area (Å²) in [5.74, 6) is 0.703. The summed E-state index contributed by atoms with van der Waals surface area (Å²) in [7, 11) is 0. The quantitative estimate of drug-likeness (QED) is 0.906. The molecule has 94 valence electrons. The third-order valence-corrected chi connectivity index (χ3v) is 5.70. The van der Waals surface area contributed by atoms with Gasteiger partial charge in [0.15, 0.2) is 5.17 Å². The second kappa shape index (κ2) is 5.44. The van der Waals surface area contributed by atoms with Crippen molar-refractivity contribution in [2.75, 3.05) is 6.54 Å². The number of amidine groups is 1. The van der Waals surface area contributed by atoms with Crippen LogP contribution < -0.4 is 5.32 Å². The molecule has 2 rings (SSSR count). The molecule has 0 bridgehead atoms. The Morgan fingerprint density at radius 2 is 2.24 bits per heavy atom. The van der Waals surface area contributed by atoms with Gasteiger partial charge in [-0.05, 0) is 31.4 Å². The van der Waals surface area contributed by atoms with Crippen LogP contribution in [0, 0.1) is 19.8 Å². The minimum atomic E-state index is 0.657. The Morgan fingerprint density at radius 3 is 2.76 bits per heavy atom. The molecule has 0 fully saturated rings. The van der Waals surface area contributed by atoms with Crippen LogP contribution in [0.2, 0.25) is 0 Å². The van der Waals surface area contributed by atoms with Crippen LogP contribution in [0.25, 0.3) is 0 Å². The van der Waals surface area contributed by atoms with Crippen molar-refractivity contribution in [2.45, 2.75) is 39.5 Å². The minimum Gasteiger partial charge on any atom is -0.360 e. The molecule has 0 radical (unpaired) electrons. The number of thioether (sulfide) groups is 1. The zero-order chi connectivity index (χ0) is 12.4. The number of nitrogens with one attached hydrogen (secondary N) is 1. The Morgan fingerprint density at radius 1 is 1.47 bits per heavy atom. The van der Waals surface area contributed by atoms with Gasteiger partial charge in [0.1, 0.15) is 0 Å². The Kier molecular flexibility index (Phi) is 4.15. The van der Waals surface area contributed by atoms with Gasteiger partial charge in [-0.1, -0.05) is 25.6 Å². The molecule has 0 aromatic carbocycles. The van der Waals surface area contributed by atoms with Crippen LogP contribution in [-0.4, -0.2) is 17.0 Å². The highest BCUT2D eigenvalue weighted by Gasteiger charge is 2.22. The molecule has 1 aliphatic heterocycles. The van der Waals surface area contributed by atoms with Gasteiger partial charge in [-0.25, -0.2) is 0 Å². The molecule has 1 aliphatic rings. The number of aryl methyl sites for hydroxylation is 2. The molecule has 0 saturated heterocycles. The predicted molar refractivity (Wildman–Crippen MR) is 79.2 cm³/mol. The smallest absolute Gasteiger partial charge is 0.157 e. The maximum Gasteiger partial charge on any atom is 0.157 e. The van der Waals surface area contributed by atoms with E-state index in [0.29, 0.717) is 11.2 Å². The Balaban J connectivity index is 1.84. The summed E-state index contributed by atoms with van der Waals surface area (Å²) in [6.07, 6.45) is 0.